The van der Waals surface area contributed by atoms with Gasteiger partial charge in [-0.05, 0) is 47.3 Å². The van der Waals surface area contributed by atoms with E-state index in [1.54, 1.807) is 0 Å². The van der Waals surface area contributed by atoms with Crippen LogP contribution in [0, 0.1) is 0 Å². The summed E-state index contributed by atoms with van der Waals surface area (Å²) in [6.07, 6.45) is 0. The Kier molecular flexibility index (Phi) is 3.81. The van der Waals surface area contributed by atoms with Crippen LogP contribution in [0.3, 0.4) is 0 Å². The number of fused-ring (bicyclic) bond motifs is 9. The summed E-state index contributed by atoms with van der Waals surface area (Å²) >= 11 is 0. The highest BCUT2D eigenvalue weighted by Crippen LogP contribution is 2.57. The highest BCUT2D eigenvalue weighted by Gasteiger charge is 2.43. The van der Waals surface area contributed by atoms with Crippen LogP contribution < -0.4 is 35.5 Å². The van der Waals surface area contributed by atoms with Crippen molar-refractivity contribution in [2.24, 2.45) is 0 Å². The van der Waals surface area contributed by atoms with Crippen LogP contribution in [0.2, 0.25) is 0 Å². The van der Waals surface area contributed by atoms with Gasteiger partial charge in [-0.3, -0.25) is 4.90 Å². The Bertz CT molecular complexity index is 1920. The van der Waals surface area contributed by atoms with Crippen LogP contribution in [0.1, 0.15) is 0 Å². The smallest absolute Gasteiger partial charge is 0.316 e. The van der Waals surface area contributed by atoms with Crippen molar-refractivity contribution in [3.05, 3.63) is 109 Å². The summed E-state index contributed by atoms with van der Waals surface area (Å²) in [5.41, 5.74) is 6.66. The number of anilines is 3. The van der Waals surface area contributed by atoms with Gasteiger partial charge in [0.05, 0.1) is 11.1 Å². The highest BCUT2D eigenvalue weighted by molar-refractivity contribution is 6.98. The Labute approximate surface area is 218 Å². The second-order valence-electron chi connectivity index (χ2n) is 9.68. The van der Waals surface area contributed by atoms with Gasteiger partial charge in [0, 0.05) is 17.2 Å². The quantitative estimate of drug-likeness (QED) is 0.238. The molecule has 0 N–H and O–H groups in total. The molecule has 38 heavy (non-hydrogen) atoms. The molecule has 0 radical (unpaired) electrons. The first kappa shape index (κ1) is 20.0. The van der Waals surface area contributed by atoms with E-state index < -0.39 is 0 Å². The lowest BCUT2D eigenvalue weighted by Crippen LogP contribution is -2.57. The van der Waals surface area contributed by atoms with Crippen LogP contribution in [0.5, 0.6) is 34.7 Å². The van der Waals surface area contributed by atoms with Crippen molar-refractivity contribution in [2.75, 3.05) is 4.90 Å². The zero-order valence-electron chi connectivity index (χ0n) is 20.0. The first-order valence-corrected chi connectivity index (χ1v) is 12.6. The van der Waals surface area contributed by atoms with Crippen LogP contribution in [0.15, 0.2) is 114 Å². The number of nitrogens with zero attached hydrogens (tertiary/aromatic N) is 1. The SMILES string of the molecule is c1ccc(N2c3ccccc3Oc3oc4cc5c6c(c4c32)Oc2ccccc2B6c2ccccc2O5)cc1. The molecular weight excluding hydrogens is 473 g/mol. The van der Waals surface area contributed by atoms with Gasteiger partial charge in [0.2, 0.25) is 0 Å². The molecule has 5 nitrogen and oxygen atoms in total. The van der Waals surface area contributed by atoms with E-state index in [-0.39, 0.29) is 6.71 Å². The van der Waals surface area contributed by atoms with Gasteiger partial charge < -0.3 is 18.6 Å². The summed E-state index contributed by atoms with van der Waals surface area (Å²) in [6.45, 7) is -0.0215. The van der Waals surface area contributed by atoms with E-state index in [4.69, 9.17) is 18.6 Å². The maximum Gasteiger partial charge on any atom is 0.316 e. The molecule has 0 amide bonds. The van der Waals surface area contributed by atoms with Crippen LogP contribution in [-0.2, 0) is 0 Å². The van der Waals surface area contributed by atoms with E-state index in [0.717, 1.165) is 67.6 Å². The van der Waals surface area contributed by atoms with Crippen molar-refractivity contribution in [2.45, 2.75) is 0 Å². The molecule has 9 rings (SSSR count). The summed E-state index contributed by atoms with van der Waals surface area (Å²) in [4.78, 5) is 2.19. The molecule has 0 unspecified atom stereocenters. The van der Waals surface area contributed by atoms with Gasteiger partial charge in [-0.2, -0.15) is 0 Å². The molecule has 3 aliphatic heterocycles. The normalized spacial score (nSPS) is 13.8. The third-order valence-electron chi connectivity index (χ3n) is 7.61. The minimum atomic E-state index is -0.0215. The van der Waals surface area contributed by atoms with E-state index in [0.29, 0.717) is 11.5 Å². The maximum absolute atomic E-state index is 6.73. The second kappa shape index (κ2) is 7.23. The Morgan fingerprint density at radius 2 is 1.24 bits per heavy atom. The lowest BCUT2D eigenvalue weighted by atomic mass is 9.35. The average molecular weight is 491 g/mol. The number of furan rings is 1. The number of para-hydroxylation sites is 5. The molecule has 0 spiro atoms. The molecule has 0 bridgehead atoms. The van der Waals surface area contributed by atoms with Crippen LogP contribution >= 0.6 is 0 Å². The first-order chi connectivity index (χ1) is 18.8. The first-order valence-electron chi connectivity index (χ1n) is 12.6. The van der Waals surface area contributed by atoms with Gasteiger partial charge in [0.1, 0.15) is 34.3 Å². The summed E-state index contributed by atoms with van der Waals surface area (Å²) < 4.78 is 26.0. The average Bonchev–Trinajstić information content (AvgIpc) is 3.33. The highest BCUT2D eigenvalue weighted by atomic mass is 16.6. The monoisotopic (exact) mass is 491 g/mol. The van der Waals surface area contributed by atoms with Crippen LogP contribution in [0.25, 0.3) is 11.0 Å². The van der Waals surface area contributed by atoms with Crippen LogP contribution in [0.4, 0.5) is 17.1 Å². The van der Waals surface area contributed by atoms with E-state index in [1.165, 1.54) is 0 Å². The Morgan fingerprint density at radius 3 is 2.03 bits per heavy atom. The fourth-order valence-corrected chi connectivity index (χ4v) is 6.04. The van der Waals surface area contributed by atoms with E-state index in [9.17, 15) is 0 Å². The number of hydrogen-bond donors (Lipinski definition) is 0. The van der Waals surface area contributed by atoms with E-state index in [2.05, 4.69) is 47.4 Å². The van der Waals surface area contributed by atoms with Gasteiger partial charge in [-0.15, -0.1) is 0 Å². The fraction of sp³-hybridized carbons (Fsp3) is 0. The predicted molar refractivity (Wildman–Crippen MR) is 149 cm³/mol. The third-order valence-corrected chi connectivity index (χ3v) is 7.61. The summed E-state index contributed by atoms with van der Waals surface area (Å²) in [5, 5.41) is 0.861. The summed E-state index contributed by atoms with van der Waals surface area (Å²) in [6, 6.07) is 36.7. The molecule has 0 aliphatic carbocycles. The van der Waals surface area contributed by atoms with Gasteiger partial charge in [-0.1, -0.05) is 66.7 Å². The Morgan fingerprint density at radius 1 is 0.579 bits per heavy atom. The van der Waals surface area contributed by atoms with Crippen molar-refractivity contribution in [3.63, 3.8) is 0 Å². The standard InChI is InChI=1S/C32H18BNO4/c1-2-10-19(11-3-1)34-22-14-6-9-17-25(22)37-32-30(34)28-26(38-32)18-27-29-31(28)36-24-16-8-5-13-21(24)33(29)20-12-4-7-15-23(20)35-27/h1-18H. The lowest BCUT2D eigenvalue weighted by Gasteiger charge is -2.34. The molecule has 0 fully saturated rings. The topological polar surface area (TPSA) is 44.1 Å². The summed E-state index contributed by atoms with van der Waals surface area (Å²) in [5.74, 6) is 4.31. The number of benzene rings is 5. The molecular formula is C32H18BNO4. The van der Waals surface area contributed by atoms with Crippen molar-refractivity contribution in [3.8, 4) is 34.7 Å². The predicted octanol–water partition coefficient (Wildman–Crippen LogP) is 6.74. The molecule has 0 atom stereocenters. The molecule has 178 valence electrons. The maximum atomic E-state index is 6.73. The van der Waals surface area contributed by atoms with E-state index >= 15 is 0 Å². The minimum absolute atomic E-state index is 0.0215. The molecule has 4 heterocycles. The summed E-state index contributed by atoms with van der Waals surface area (Å²) in [7, 11) is 0. The van der Waals surface area contributed by atoms with Crippen LogP contribution in [-0.4, -0.2) is 6.71 Å². The zero-order chi connectivity index (χ0) is 24.8. The number of hydrogen-bond acceptors (Lipinski definition) is 5. The second-order valence-corrected chi connectivity index (χ2v) is 9.68. The Balaban J connectivity index is 1.39. The molecule has 3 aliphatic rings. The van der Waals surface area contributed by atoms with Gasteiger partial charge in [0.15, 0.2) is 5.75 Å². The van der Waals surface area contributed by atoms with Crippen molar-refractivity contribution < 1.29 is 18.6 Å². The largest absolute Gasteiger partial charge is 0.458 e. The Hall–Kier alpha value is -5.10. The molecule has 6 aromatic rings. The number of rotatable bonds is 1. The van der Waals surface area contributed by atoms with Crippen molar-refractivity contribution in [1.29, 1.82) is 0 Å². The lowest BCUT2D eigenvalue weighted by molar-refractivity contribution is 0.357. The van der Waals surface area contributed by atoms with Gasteiger partial charge >= 0.3 is 5.95 Å². The molecule has 5 aromatic carbocycles. The van der Waals surface area contributed by atoms with E-state index in [1.807, 2.05) is 66.7 Å². The van der Waals surface area contributed by atoms with Crippen molar-refractivity contribution in [1.82, 2.24) is 0 Å². The fourth-order valence-electron chi connectivity index (χ4n) is 6.04. The third kappa shape index (κ3) is 2.56. The molecule has 0 saturated heterocycles. The molecule has 1 aromatic heterocycles. The molecule has 6 heteroatoms. The van der Waals surface area contributed by atoms with Gasteiger partial charge in [0.25, 0.3) is 6.71 Å². The number of ether oxygens (including phenoxy) is 3. The zero-order valence-corrected chi connectivity index (χ0v) is 20.0. The molecule has 0 saturated carbocycles. The van der Waals surface area contributed by atoms with Gasteiger partial charge in [-0.25, -0.2) is 0 Å². The minimum Gasteiger partial charge on any atom is -0.458 e. The van der Waals surface area contributed by atoms with Crippen molar-refractivity contribution >= 4 is 51.1 Å².